The van der Waals surface area contributed by atoms with Crippen LogP contribution in [-0.2, 0) is 0 Å². The topological polar surface area (TPSA) is 51.0 Å². The summed E-state index contributed by atoms with van der Waals surface area (Å²) in [5.74, 6) is -0.613. The van der Waals surface area contributed by atoms with Crippen molar-refractivity contribution in [3.05, 3.63) is 42.1 Å². The number of rotatable bonds is 4. The molecule has 3 rings (SSSR count). The molecule has 0 aliphatic rings. The molecule has 2 aromatic heterocycles. The van der Waals surface area contributed by atoms with E-state index in [-0.39, 0.29) is 17.0 Å². The van der Waals surface area contributed by atoms with E-state index in [0.29, 0.717) is 17.9 Å². The first kappa shape index (κ1) is 13.5. The van der Waals surface area contributed by atoms with Gasteiger partial charge in [-0.3, -0.25) is 0 Å². The smallest absolute Gasteiger partial charge is 0.223 e. The Hall–Kier alpha value is -2.50. The van der Waals surface area contributed by atoms with Crippen LogP contribution in [0, 0.1) is 11.6 Å². The van der Waals surface area contributed by atoms with Crippen LogP contribution in [-0.4, -0.2) is 16.5 Å². The zero-order valence-corrected chi connectivity index (χ0v) is 11.4. The van der Waals surface area contributed by atoms with Gasteiger partial charge >= 0.3 is 0 Å². The predicted molar refractivity (Wildman–Crippen MR) is 75.9 cm³/mol. The van der Waals surface area contributed by atoms with Crippen molar-refractivity contribution >= 4 is 16.9 Å². The van der Waals surface area contributed by atoms with E-state index in [1.165, 1.54) is 6.07 Å². The lowest BCUT2D eigenvalue weighted by Gasteiger charge is -2.04. The number of furan rings is 1. The van der Waals surface area contributed by atoms with Crippen LogP contribution in [0.1, 0.15) is 13.3 Å². The van der Waals surface area contributed by atoms with Crippen LogP contribution in [0.15, 0.2) is 34.9 Å². The molecule has 0 aliphatic carbocycles. The molecule has 0 aliphatic heterocycles. The largest absolute Gasteiger partial charge is 0.451 e. The number of nitrogens with zero attached hydrogens (tertiary/aromatic N) is 2. The standard InChI is InChI=1S/C15H13F2N3O/c1-2-6-18-15-19-8-11(17)13(20-15)12-7-9-4-3-5-10(16)14(9)21-12/h3-5,7-8H,2,6H2,1H3,(H,18,19,20). The molecule has 2 heterocycles. The highest BCUT2D eigenvalue weighted by Gasteiger charge is 2.15. The van der Waals surface area contributed by atoms with E-state index in [9.17, 15) is 8.78 Å². The fourth-order valence-electron chi connectivity index (χ4n) is 2.01. The minimum Gasteiger partial charge on any atom is -0.451 e. The maximum absolute atomic E-state index is 13.9. The fourth-order valence-corrected chi connectivity index (χ4v) is 2.01. The molecule has 6 heteroatoms. The molecule has 3 aromatic rings. The van der Waals surface area contributed by atoms with Gasteiger partial charge in [0.2, 0.25) is 5.95 Å². The average Bonchev–Trinajstić information content (AvgIpc) is 2.92. The quantitative estimate of drug-likeness (QED) is 0.789. The summed E-state index contributed by atoms with van der Waals surface area (Å²) in [5.41, 5.74) is 0.104. The number of hydrogen-bond acceptors (Lipinski definition) is 4. The molecular formula is C15H13F2N3O. The van der Waals surface area contributed by atoms with Crippen LogP contribution in [0.5, 0.6) is 0 Å². The van der Waals surface area contributed by atoms with Crippen LogP contribution < -0.4 is 5.32 Å². The Balaban J connectivity index is 2.06. The molecule has 4 nitrogen and oxygen atoms in total. The molecule has 0 fully saturated rings. The van der Waals surface area contributed by atoms with Crippen molar-refractivity contribution in [2.75, 3.05) is 11.9 Å². The summed E-state index contributed by atoms with van der Waals surface area (Å²) >= 11 is 0. The van der Waals surface area contributed by atoms with Gasteiger partial charge in [0.15, 0.2) is 23.0 Å². The molecule has 0 spiro atoms. The third-order valence-electron chi connectivity index (χ3n) is 3.01. The molecule has 0 saturated carbocycles. The Kier molecular flexibility index (Phi) is 3.51. The second-order valence-corrected chi connectivity index (χ2v) is 4.59. The van der Waals surface area contributed by atoms with Crippen molar-refractivity contribution in [2.45, 2.75) is 13.3 Å². The van der Waals surface area contributed by atoms with E-state index < -0.39 is 11.6 Å². The van der Waals surface area contributed by atoms with Gasteiger partial charge in [-0.2, -0.15) is 0 Å². The van der Waals surface area contributed by atoms with Gasteiger partial charge in [-0.1, -0.05) is 19.1 Å². The lowest BCUT2D eigenvalue weighted by molar-refractivity contribution is 0.558. The van der Waals surface area contributed by atoms with Crippen molar-refractivity contribution in [3.8, 4) is 11.5 Å². The molecule has 1 N–H and O–H groups in total. The Bertz CT molecular complexity index is 786. The Morgan fingerprint density at radius 1 is 1.24 bits per heavy atom. The minimum absolute atomic E-state index is 0.0132. The number of nitrogens with one attached hydrogen (secondary N) is 1. The number of anilines is 1. The van der Waals surface area contributed by atoms with E-state index in [0.717, 1.165) is 12.6 Å². The summed E-state index contributed by atoms with van der Waals surface area (Å²) in [6.07, 6.45) is 1.97. The van der Waals surface area contributed by atoms with Crippen molar-refractivity contribution in [1.82, 2.24) is 9.97 Å². The Morgan fingerprint density at radius 2 is 2.10 bits per heavy atom. The SMILES string of the molecule is CCCNc1ncc(F)c(-c2cc3cccc(F)c3o2)n1. The molecule has 0 unspecified atom stereocenters. The summed E-state index contributed by atoms with van der Waals surface area (Å²) in [5, 5.41) is 3.53. The van der Waals surface area contributed by atoms with Gasteiger partial charge < -0.3 is 9.73 Å². The molecule has 0 saturated heterocycles. The molecular weight excluding hydrogens is 276 g/mol. The first-order chi connectivity index (χ1) is 10.2. The molecule has 1 aromatic carbocycles. The minimum atomic E-state index is -0.614. The van der Waals surface area contributed by atoms with Gasteiger partial charge in [0.1, 0.15) is 5.69 Å². The zero-order valence-electron chi connectivity index (χ0n) is 11.4. The second-order valence-electron chi connectivity index (χ2n) is 4.59. The zero-order chi connectivity index (χ0) is 14.8. The van der Waals surface area contributed by atoms with E-state index in [1.54, 1.807) is 18.2 Å². The first-order valence-corrected chi connectivity index (χ1v) is 6.64. The van der Waals surface area contributed by atoms with E-state index >= 15 is 0 Å². The summed E-state index contributed by atoms with van der Waals surface area (Å²) < 4.78 is 32.9. The number of benzene rings is 1. The van der Waals surface area contributed by atoms with Gasteiger partial charge in [0.05, 0.1) is 6.20 Å². The van der Waals surface area contributed by atoms with Gasteiger partial charge in [0.25, 0.3) is 0 Å². The summed E-state index contributed by atoms with van der Waals surface area (Å²) in [7, 11) is 0. The van der Waals surface area contributed by atoms with Crippen LogP contribution in [0.4, 0.5) is 14.7 Å². The monoisotopic (exact) mass is 289 g/mol. The Morgan fingerprint density at radius 3 is 2.86 bits per heavy atom. The normalized spacial score (nSPS) is 11.0. The molecule has 108 valence electrons. The number of fused-ring (bicyclic) bond motifs is 1. The van der Waals surface area contributed by atoms with Crippen molar-refractivity contribution in [1.29, 1.82) is 0 Å². The van der Waals surface area contributed by atoms with E-state index in [4.69, 9.17) is 4.42 Å². The van der Waals surface area contributed by atoms with Crippen LogP contribution in [0.25, 0.3) is 22.4 Å². The Labute approximate surface area is 119 Å². The highest BCUT2D eigenvalue weighted by atomic mass is 19.1. The van der Waals surface area contributed by atoms with Crippen molar-refractivity contribution < 1.29 is 13.2 Å². The molecule has 21 heavy (non-hydrogen) atoms. The number of aromatic nitrogens is 2. The molecule has 0 bridgehead atoms. The van der Waals surface area contributed by atoms with Crippen LogP contribution in [0.3, 0.4) is 0 Å². The van der Waals surface area contributed by atoms with E-state index in [1.807, 2.05) is 6.92 Å². The maximum Gasteiger partial charge on any atom is 0.223 e. The number of hydrogen-bond donors (Lipinski definition) is 1. The van der Waals surface area contributed by atoms with Crippen molar-refractivity contribution in [3.63, 3.8) is 0 Å². The second kappa shape index (κ2) is 5.47. The summed E-state index contributed by atoms with van der Waals surface area (Å²) in [6.45, 7) is 2.68. The van der Waals surface area contributed by atoms with Crippen LogP contribution >= 0.6 is 0 Å². The average molecular weight is 289 g/mol. The van der Waals surface area contributed by atoms with E-state index in [2.05, 4.69) is 15.3 Å². The first-order valence-electron chi connectivity index (χ1n) is 6.64. The predicted octanol–water partition coefficient (Wildman–Crippen LogP) is 3.99. The van der Waals surface area contributed by atoms with Gasteiger partial charge in [0, 0.05) is 11.9 Å². The van der Waals surface area contributed by atoms with Crippen molar-refractivity contribution in [2.24, 2.45) is 0 Å². The molecule has 0 radical (unpaired) electrons. The third kappa shape index (κ3) is 2.56. The summed E-state index contributed by atoms with van der Waals surface area (Å²) in [4.78, 5) is 7.95. The lowest BCUT2D eigenvalue weighted by Crippen LogP contribution is -2.05. The highest BCUT2D eigenvalue weighted by Crippen LogP contribution is 2.29. The molecule has 0 atom stereocenters. The lowest BCUT2D eigenvalue weighted by atomic mass is 10.2. The number of halogens is 2. The summed E-state index contributed by atoms with van der Waals surface area (Å²) in [6, 6.07) is 6.12. The van der Waals surface area contributed by atoms with Gasteiger partial charge in [-0.25, -0.2) is 18.7 Å². The third-order valence-corrected chi connectivity index (χ3v) is 3.01. The maximum atomic E-state index is 13.9. The van der Waals surface area contributed by atoms with Gasteiger partial charge in [-0.05, 0) is 18.6 Å². The highest BCUT2D eigenvalue weighted by molar-refractivity contribution is 5.82. The van der Waals surface area contributed by atoms with Gasteiger partial charge in [-0.15, -0.1) is 0 Å². The van der Waals surface area contributed by atoms with Crippen LogP contribution in [0.2, 0.25) is 0 Å². The molecule has 0 amide bonds. The number of para-hydroxylation sites is 1. The fraction of sp³-hybridized carbons (Fsp3) is 0.200.